The molecule has 1 aromatic carbocycles. The van der Waals surface area contributed by atoms with E-state index < -0.39 is 5.91 Å². The van der Waals surface area contributed by atoms with Crippen molar-refractivity contribution in [1.82, 2.24) is 0 Å². The lowest BCUT2D eigenvalue weighted by molar-refractivity contribution is 0.100. The van der Waals surface area contributed by atoms with Crippen molar-refractivity contribution in [1.29, 1.82) is 0 Å². The Labute approximate surface area is 81.6 Å². The molecule has 1 aromatic rings. The van der Waals surface area contributed by atoms with Crippen LogP contribution >= 0.6 is 0 Å². The third-order valence-electron chi connectivity index (χ3n) is 1.98. The topological polar surface area (TPSA) is 64.9 Å². The van der Waals surface area contributed by atoms with Gasteiger partial charge < -0.3 is 15.2 Å². The molecule has 0 bridgehead atoms. The number of rotatable bonds is 4. The molecule has 1 atom stereocenters. The number of hydrogen-bond donors (Lipinski definition) is 1. The van der Waals surface area contributed by atoms with Gasteiger partial charge in [-0.15, -0.1) is 0 Å². The first-order valence-corrected chi connectivity index (χ1v) is 4.40. The molecule has 1 fully saturated rings. The number of ether oxygens (including phenoxy) is 2. The van der Waals surface area contributed by atoms with Gasteiger partial charge in [-0.05, 0) is 24.3 Å². The quantitative estimate of drug-likeness (QED) is 0.711. The van der Waals surface area contributed by atoms with Gasteiger partial charge in [-0.1, -0.05) is 0 Å². The summed E-state index contributed by atoms with van der Waals surface area (Å²) in [6.07, 6.45) is 0.241. The lowest BCUT2D eigenvalue weighted by Gasteiger charge is -2.03. The van der Waals surface area contributed by atoms with Crippen LogP contribution in [0.1, 0.15) is 10.4 Å². The van der Waals surface area contributed by atoms with Crippen LogP contribution < -0.4 is 10.5 Å². The van der Waals surface area contributed by atoms with Crippen LogP contribution in [0.25, 0.3) is 0 Å². The van der Waals surface area contributed by atoms with Crippen molar-refractivity contribution >= 4 is 5.91 Å². The molecule has 1 saturated heterocycles. The van der Waals surface area contributed by atoms with Gasteiger partial charge in [0.15, 0.2) is 0 Å². The summed E-state index contributed by atoms with van der Waals surface area (Å²) in [6.45, 7) is 1.34. The fraction of sp³-hybridized carbons (Fsp3) is 0.300. The smallest absolute Gasteiger partial charge is 0.248 e. The number of epoxide rings is 1. The molecule has 1 aliphatic heterocycles. The predicted molar refractivity (Wildman–Crippen MR) is 50.2 cm³/mol. The highest BCUT2D eigenvalue weighted by Gasteiger charge is 2.22. The monoisotopic (exact) mass is 193 g/mol. The average molecular weight is 193 g/mol. The molecule has 2 N–H and O–H groups in total. The highest BCUT2D eigenvalue weighted by atomic mass is 16.6. The Kier molecular flexibility index (Phi) is 2.37. The zero-order chi connectivity index (χ0) is 9.97. The van der Waals surface area contributed by atoms with Gasteiger partial charge in [0, 0.05) is 5.56 Å². The minimum Gasteiger partial charge on any atom is -0.491 e. The number of carbonyl (C=O) groups excluding carboxylic acids is 1. The Morgan fingerprint density at radius 2 is 2.14 bits per heavy atom. The lowest BCUT2D eigenvalue weighted by Crippen LogP contribution is -2.10. The van der Waals surface area contributed by atoms with Crippen LogP contribution in [0.5, 0.6) is 5.75 Å². The Morgan fingerprint density at radius 1 is 1.50 bits per heavy atom. The number of primary amides is 1. The van der Waals surface area contributed by atoms with E-state index in [0.29, 0.717) is 12.2 Å². The Balaban J connectivity index is 1.94. The first-order chi connectivity index (χ1) is 6.75. The minimum absolute atomic E-state index is 0.241. The number of nitrogens with two attached hydrogens (primary N) is 1. The van der Waals surface area contributed by atoms with Crippen LogP contribution in [0.3, 0.4) is 0 Å². The van der Waals surface area contributed by atoms with Gasteiger partial charge in [0.1, 0.15) is 18.5 Å². The Morgan fingerprint density at radius 3 is 2.64 bits per heavy atom. The second-order valence-electron chi connectivity index (χ2n) is 3.15. The van der Waals surface area contributed by atoms with Crippen LogP contribution in [0.2, 0.25) is 0 Å². The lowest BCUT2D eigenvalue weighted by atomic mass is 10.2. The Bertz CT molecular complexity index is 330. The molecule has 1 amide bonds. The van der Waals surface area contributed by atoms with E-state index in [2.05, 4.69) is 0 Å². The summed E-state index contributed by atoms with van der Waals surface area (Å²) in [7, 11) is 0. The van der Waals surface area contributed by atoms with Crippen molar-refractivity contribution in [2.24, 2.45) is 5.73 Å². The predicted octanol–water partition coefficient (Wildman–Crippen LogP) is 0.563. The molecule has 1 unspecified atom stereocenters. The first kappa shape index (κ1) is 9.02. The van der Waals surface area contributed by atoms with E-state index in [9.17, 15) is 4.79 Å². The van der Waals surface area contributed by atoms with Crippen LogP contribution in [-0.4, -0.2) is 25.2 Å². The van der Waals surface area contributed by atoms with Gasteiger partial charge in [0.05, 0.1) is 6.61 Å². The molecule has 14 heavy (non-hydrogen) atoms. The number of benzene rings is 1. The average Bonchev–Trinajstić information content (AvgIpc) is 2.99. The zero-order valence-electron chi connectivity index (χ0n) is 7.60. The van der Waals surface area contributed by atoms with Gasteiger partial charge in [-0.25, -0.2) is 0 Å². The van der Waals surface area contributed by atoms with Crippen LogP contribution in [0.4, 0.5) is 0 Å². The maximum Gasteiger partial charge on any atom is 0.248 e. The molecule has 0 aromatic heterocycles. The summed E-state index contributed by atoms with van der Waals surface area (Å²) < 4.78 is 10.4. The van der Waals surface area contributed by atoms with Crippen molar-refractivity contribution in [3.05, 3.63) is 29.8 Å². The van der Waals surface area contributed by atoms with E-state index in [1.165, 1.54) is 0 Å². The summed E-state index contributed by atoms with van der Waals surface area (Å²) in [6, 6.07) is 6.74. The highest BCUT2D eigenvalue weighted by molar-refractivity contribution is 5.92. The van der Waals surface area contributed by atoms with Crippen molar-refractivity contribution in [3.8, 4) is 5.75 Å². The molecule has 0 saturated carbocycles. The molecular formula is C10H11NO3. The number of carbonyl (C=O) groups is 1. The van der Waals surface area contributed by atoms with Crippen LogP contribution in [0, 0.1) is 0 Å². The molecule has 0 aliphatic carbocycles. The molecule has 74 valence electrons. The van der Waals surface area contributed by atoms with Gasteiger partial charge in [-0.2, -0.15) is 0 Å². The summed E-state index contributed by atoms with van der Waals surface area (Å²) in [5, 5.41) is 0. The third kappa shape index (κ3) is 2.23. The molecule has 2 rings (SSSR count). The van der Waals surface area contributed by atoms with E-state index >= 15 is 0 Å². The SMILES string of the molecule is NC(=O)c1ccc(OCC2CO2)cc1. The van der Waals surface area contributed by atoms with E-state index in [0.717, 1.165) is 12.4 Å². The number of hydrogen-bond acceptors (Lipinski definition) is 3. The molecule has 4 heteroatoms. The summed E-state index contributed by atoms with van der Waals surface area (Å²) in [4.78, 5) is 10.7. The number of amides is 1. The second kappa shape index (κ2) is 3.67. The van der Waals surface area contributed by atoms with E-state index in [1.807, 2.05) is 0 Å². The maximum absolute atomic E-state index is 10.7. The van der Waals surface area contributed by atoms with Crippen LogP contribution in [0.15, 0.2) is 24.3 Å². The summed E-state index contributed by atoms with van der Waals surface area (Å²) >= 11 is 0. The van der Waals surface area contributed by atoms with Crippen molar-refractivity contribution in [3.63, 3.8) is 0 Å². The van der Waals surface area contributed by atoms with Crippen LogP contribution in [-0.2, 0) is 4.74 Å². The summed E-state index contributed by atoms with van der Waals surface area (Å²) in [5.41, 5.74) is 5.58. The van der Waals surface area contributed by atoms with E-state index in [4.69, 9.17) is 15.2 Å². The maximum atomic E-state index is 10.7. The van der Waals surface area contributed by atoms with Crippen molar-refractivity contribution in [2.75, 3.05) is 13.2 Å². The molecule has 1 aliphatic rings. The molecule has 1 heterocycles. The first-order valence-electron chi connectivity index (χ1n) is 4.40. The second-order valence-corrected chi connectivity index (χ2v) is 3.15. The van der Waals surface area contributed by atoms with Gasteiger partial charge in [0.25, 0.3) is 0 Å². The molecule has 4 nitrogen and oxygen atoms in total. The van der Waals surface area contributed by atoms with Gasteiger partial charge in [0.2, 0.25) is 5.91 Å². The normalized spacial score (nSPS) is 19.0. The molecule has 0 spiro atoms. The molecular weight excluding hydrogens is 182 g/mol. The highest BCUT2D eigenvalue weighted by Crippen LogP contribution is 2.15. The third-order valence-corrected chi connectivity index (χ3v) is 1.98. The standard InChI is InChI=1S/C10H11NO3/c11-10(12)7-1-3-8(4-2-7)13-5-9-6-14-9/h1-4,9H,5-6H2,(H2,11,12). The fourth-order valence-electron chi connectivity index (χ4n) is 1.07. The molecule has 0 radical (unpaired) electrons. The van der Waals surface area contributed by atoms with Gasteiger partial charge >= 0.3 is 0 Å². The van der Waals surface area contributed by atoms with E-state index in [1.54, 1.807) is 24.3 Å². The van der Waals surface area contributed by atoms with Crippen molar-refractivity contribution < 1.29 is 14.3 Å². The Hall–Kier alpha value is -1.55. The minimum atomic E-state index is -0.429. The fourth-order valence-corrected chi connectivity index (χ4v) is 1.07. The largest absolute Gasteiger partial charge is 0.491 e. The van der Waals surface area contributed by atoms with Gasteiger partial charge in [-0.3, -0.25) is 4.79 Å². The van der Waals surface area contributed by atoms with Crippen molar-refractivity contribution in [2.45, 2.75) is 6.10 Å². The zero-order valence-corrected chi connectivity index (χ0v) is 7.60. The van der Waals surface area contributed by atoms with E-state index in [-0.39, 0.29) is 6.10 Å². The summed E-state index contributed by atoms with van der Waals surface area (Å²) in [5.74, 6) is 0.299.